The Morgan fingerprint density at radius 2 is 2.05 bits per heavy atom. The molecule has 1 heterocycles. The third kappa shape index (κ3) is 5.04. The monoisotopic (exact) mass is 306 g/mol. The summed E-state index contributed by atoms with van der Waals surface area (Å²) in [6.45, 7) is 1.30. The molecule has 0 radical (unpaired) electrons. The summed E-state index contributed by atoms with van der Waals surface area (Å²) in [5.74, 6) is -0.894. The molecule has 2 N–H and O–H groups in total. The summed E-state index contributed by atoms with van der Waals surface area (Å²) in [5.41, 5.74) is 0.952. The van der Waals surface area contributed by atoms with Crippen molar-refractivity contribution >= 4 is 12.1 Å². The Labute approximate surface area is 130 Å². The molecule has 0 bridgehead atoms. The number of carboxylic acids is 1. The minimum Gasteiger partial charge on any atom is -0.480 e. The van der Waals surface area contributed by atoms with Gasteiger partial charge in [0, 0.05) is 19.1 Å². The van der Waals surface area contributed by atoms with Crippen LogP contribution in [-0.2, 0) is 16.1 Å². The van der Waals surface area contributed by atoms with Crippen LogP contribution in [0.1, 0.15) is 24.8 Å². The Balaban J connectivity index is 1.83. The zero-order chi connectivity index (χ0) is 15.8. The average molecular weight is 306 g/mol. The van der Waals surface area contributed by atoms with Crippen molar-refractivity contribution in [3.63, 3.8) is 0 Å². The van der Waals surface area contributed by atoms with E-state index in [-0.39, 0.29) is 25.3 Å². The highest BCUT2D eigenvalue weighted by Gasteiger charge is 2.27. The van der Waals surface area contributed by atoms with Gasteiger partial charge in [-0.15, -0.1) is 0 Å². The number of carboxylic acid groups (broad SMARTS) is 1. The van der Waals surface area contributed by atoms with E-state index in [1.165, 1.54) is 0 Å². The highest BCUT2D eigenvalue weighted by atomic mass is 16.6. The molecule has 6 nitrogen and oxygen atoms in total. The fraction of sp³-hybridized carbons (Fsp3) is 0.500. The van der Waals surface area contributed by atoms with Crippen LogP contribution in [0.5, 0.6) is 0 Å². The number of ether oxygens (including phenoxy) is 1. The Morgan fingerprint density at radius 3 is 2.77 bits per heavy atom. The molecule has 6 heteroatoms. The van der Waals surface area contributed by atoms with E-state index in [2.05, 4.69) is 5.32 Å². The number of nitrogens with zero attached hydrogens (tertiary/aromatic N) is 1. The molecule has 1 atom stereocenters. The van der Waals surface area contributed by atoms with Gasteiger partial charge in [0.2, 0.25) is 0 Å². The summed E-state index contributed by atoms with van der Waals surface area (Å²) < 4.78 is 5.37. The Hall–Kier alpha value is -2.08. The van der Waals surface area contributed by atoms with Gasteiger partial charge >= 0.3 is 12.1 Å². The summed E-state index contributed by atoms with van der Waals surface area (Å²) >= 11 is 0. The van der Waals surface area contributed by atoms with Crippen molar-refractivity contribution in [3.8, 4) is 0 Å². The summed E-state index contributed by atoms with van der Waals surface area (Å²) in [5, 5.41) is 11.5. The van der Waals surface area contributed by atoms with E-state index < -0.39 is 5.97 Å². The van der Waals surface area contributed by atoms with Crippen LogP contribution in [0.15, 0.2) is 30.3 Å². The number of amides is 1. The first kappa shape index (κ1) is 16.3. The van der Waals surface area contributed by atoms with E-state index in [0.29, 0.717) is 13.1 Å². The van der Waals surface area contributed by atoms with E-state index in [9.17, 15) is 9.59 Å². The van der Waals surface area contributed by atoms with Gasteiger partial charge in [-0.05, 0) is 24.8 Å². The van der Waals surface area contributed by atoms with Crippen molar-refractivity contribution in [1.29, 1.82) is 0 Å². The quantitative estimate of drug-likeness (QED) is 0.838. The molecule has 0 aliphatic carbocycles. The van der Waals surface area contributed by atoms with Crippen molar-refractivity contribution in [3.05, 3.63) is 35.9 Å². The third-order valence-electron chi connectivity index (χ3n) is 3.72. The first-order valence-electron chi connectivity index (χ1n) is 7.56. The van der Waals surface area contributed by atoms with Gasteiger partial charge in [0.25, 0.3) is 0 Å². The average Bonchev–Trinajstić information content (AvgIpc) is 2.54. The largest absolute Gasteiger partial charge is 0.480 e. The topological polar surface area (TPSA) is 78.9 Å². The fourth-order valence-electron chi connectivity index (χ4n) is 2.60. The first-order valence-corrected chi connectivity index (χ1v) is 7.56. The number of benzene rings is 1. The normalized spacial score (nSPS) is 18.0. The van der Waals surface area contributed by atoms with Crippen LogP contribution < -0.4 is 5.32 Å². The van der Waals surface area contributed by atoms with Crippen molar-refractivity contribution in [2.24, 2.45) is 0 Å². The summed E-state index contributed by atoms with van der Waals surface area (Å²) in [4.78, 5) is 24.5. The van der Waals surface area contributed by atoms with Crippen LogP contribution in [0.25, 0.3) is 0 Å². The van der Waals surface area contributed by atoms with Crippen LogP contribution in [0.2, 0.25) is 0 Å². The second-order valence-corrected chi connectivity index (χ2v) is 5.41. The van der Waals surface area contributed by atoms with E-state index >= 15 is 0 Å². The first-order chi connectivity index (χ1) is 10.7. The minimum atomic E-state index is -0.894. The molecule has 1 aliphatic heterocycles. The van der Waals surface area contributed by atoms with Gasteiger partial charge in [0.05, 0.1) is 6.54 Å². The van der Waals surface area contributed by atoms with Crippen LogP contribution in [0.3, 0.4) is 0 Å². The van der Waals surface area contributed by atoms with Gasteiger partial charge < -0.3 is 20.1 Å². The van der Waals surface area contributed by atoms with Crippen molar-refractivity contribution in [2.75, 3.05) is 19.6 Å². The summed E-state index contributed by atoms with van der Waals surface area (Å²) in [7, 11) is 0. The van der Waals surface area contributed by atoms with Crippen molar-refractivity contribution in [1.82, 2.24) is 10.2 Å². The van der Waals surface area contributed by atoms with Crippen LogP contribution in [0.4, 0.5) is 4.79 Å². The van der Waals surface area contributed by atoms with E-state index in [0.717, 1.165) is 24.8 Å². The number of carbonyl (C=O) groups is 2. The maximum absolute atomic E-state index is 12.2. The molecule has 1 unspecified atom stereocenters. The molecular formula is C16H22N2O4. The number of nitrogens with one attached hydrogen (secondary N) is 1. The third-order valence-corrected chi connectivity index (χ3v) is 3.72. The number of piperidine rings is 1. The second kappa shape index (κ2) is 8.38. The van der Waals surface area contributed by atoms with Gasteiger partial charge in [0.1, 0.15) is 6.61 Å². The maximum Gasteiger partial charge on any atom is 0.410 e. The van der Waals surface area contributed by atoms with Crippen LogP contribution in [0, 0.1) is 0 Å². The lowest BCUT2D eigenvalue weighted by atomic mass is 10.0. The molecular weight excluding hydrogens is 284 g/mol. The van der Waals surface area contributed by atoms with Crippen LogP contribution >= 0.6 is 0 Å². The molecule has 1 saturated heterocycles. The zero-order valence-corrected chi connectivity index (χ0v) is 12.5. The van der Waals surface area contributed by atoms with Gasteiger partial charge in [-0.2, -0.15) is 0 Å². The second-order valence-electron chi connectivity index (χ2n) is 5.41. The molecule has 0 saturated carbocycles. The molecule has 2 rings (SSSR count). The number of aliphatic carboxylic acids is 1. The fourth-order valence-corrected chi connectivity index (χ4v) is 2.60. The maximum atomic E-state index is 12.2. The lowest BCUT2D eigenvalue weighted by molar-refractivity contribution is -0.136. The van der Waals surface area contributed by atoms with Crippen LogP contribution in [-0.4, -0.2) is 47.7 Å². The molecule has 1 fully saturated rings. The summed E-state index contributed by atoms with van der Waals surface area (Å²) in [6.07, 6.45) is 2.54. The van der Waals surface area contributed by atoms with Crippen molar-refractivity contribution < 1.29 is 19.4 Å². The molecule has 1 amide bonds. The van der Waals surface area contributed by atoms with Gasteiger partial charge in [-0.1, -0.05) is 30.3 Å². The van der Waals surface area contributed by atoms with Gasteiger partial charge in [0.15, 0.2) is 0 Å². The molecule has 22 heavy (non-hydrogen) atoms. The zero-order valence-electron chi connectivity index (χ0n) is 12.5. The Kier molecular flexibility index (Phi) is 6.21. The molecule has 0 spiro atoms. The molecule has 120 valence electrons. The highest BCUT2D eigenvalue weighted by molar-refractivity contribution is 5.69. The Morgan fingerprint density at radius 1 is 1.27 bits per heavy atom. The van der Waals surface area contributed by atoms with E-state index in [1.54, 1.807) is 4.90 Å². The molecule has 1 aliphatic rings. The van der Waals surface area contributed by atoms with Gasteiger partial charge in [-0.25, -0.2) is 4.79 Å². The lowest BCUT2D eigenvalue weighted by Gasteiger charge is -2.35. The van der Waals surface area contributed by atoms with E-state index in [1.807, 2.05) is 30.3 Å². The summed E-state index contributed by atoms with van der Waals surface area (Å²) in [6, 6.07) is 9.55. The predicted octanol–water partition coefficient (Wildman–Crippen LogP) is 1.85. The standard InChI is InChI=1S/C16H22N2O4/c19-15(20)11-17-10-14-8-4-5-9-18(14)16(21)22-12-13-6-2-1-3-7-13/h1-3,6-7,14,17H,4-5,8-12H2,(H,19,20). The number of hydrogen-bond acceptors (Lipinski definition) is 4. The van der Waals surface area contributed by atoms with E-state index in [4.69, 9.17) is 9.84 Å². The SMILES string of the molecule is O=C(O)CNCC1CCCCN1C(=O)OCc1ccccc1. The Bertz CT molecular complexity index is 492. The number of hydrogen-bond donors (Lipinski definition) is 2. The number of carbonyl (C=O) groups excluding carboxylic acids is 1. The molecule has 1 aromatic carbocycles. The molecule has 1 aromatic rings. The lowest BCUT2D eigenvalue weighted by Crippen LogP contribution is -2.49. The van der Waals surface area contributed by atoms with Gasteiger partial charge in [-0.3, -0.25) is 4.79 Å². The van der Waals surface area contributed by atoms with Crippen molar-refractivity contribution in [2.45, 2.75) is 31.9 Å². The smallest absolute Gasteiger partial charge is 0.410 e. The predicted molar refractivity (Wildman–Crippen MR) is 81.5 cm³/mol. The highest BCUT2D eigenvalue weighted by Crippen LogP contribution is 2.18. The minimum absolute atomic E-state index is 0.00336. The number of likely N-dealkylation sites (tertiary alicyclic amines) is 1. The number of rotatable bonds is 6. The molecule has 0 aromatic heterocycles.